The third kappa shape index (κ3) is 2.35. The van der Waals surface area contributed by atoms with E-state index in [4.69, 9.17) is 17.3 Å². The molecule has 0 bridgehead atoms. The summed E-state index contributed by atoms with van der Waals surface area (Å²) in [5.74, 6) is -0.413. The molecule has 3 nitrogen and oxygen atoms in total. The van der Waals surface area contributed by atoms with Crippen LogP contribution in [0.5, 0.6) is 0 Å². The number of thiophene rings is 1. The number of nitrogen functional groups attached to an aromatic ring is 1. The zero-order chi connectivity index (χ0) is 13.3. The molecule has 0 aliphatic carbocycles. The second-order valence-electron chi connectivity index (χ2n) is 3.85. The minimum atomic E-state index is -0.413. The van der Waals surface area contributed by atoms with E-state index in [0.717, 1.165) is 16.0 Å². The SMILES string of the molecule is COC(=O)c1sc(-c2cc(Cl)ccc2C)cc1N. The summed E-state index contributed by atoms with van der Waals surface area (Å²) in [4.78, 5) is 12.8. The molecule has 0 aliphatic rings. The van der Waals surface area contributed by atoms with Gasteiger partial charge in [0.2, 0.25) is 0 Å². The molecule has 5 heteroatoms. The number of carbonyl (C=O) groups is 1. The molecular formula is C13H12ClNO2S. The third-order valence-corrected chi connectivity index (χ3v) is 4.00. The van der Waals surface area contributed by atoms with Crippen LogP contribution in [0.3, 0.4) is 0 Å². The van der Waals surface area contributed by atoms with Gasteiger partial charge in [0.15, 0.2) is 0 Å². The second kappa shape index (κ2) is 5.00. The summed E-state index contributed by atoms with van der Waals surface area (Å²) < 4.78 is 4.69. The highest BCUT2D eigenvalue weighted by atomic mass is 35.5. The minimum absolute atomic E-state index is 0.413. The smallest absolute Gasteiger partial charge is 0.350 e. The predicted octanol–water partition coefficient (Wildman–Crippen LogP) is 3.75. The van der Waals surface area contributed by atoms with Crippen molar-refractivity contribution in [1.29, 1.82) is 0 Å². The number of benzene rings is 1. The fourth-order valence-electron chi connectivity index (χ4n) is 1.65. The Morgan fingerprint density at radius 2 is 2.11 bits per heavy atom. The molecule has 0 saturated carbocycles. The number of hydrogen-bond acceptors (Lipinski definition) is 4. The Kier molecular flexibility index (Phi) is 3.59. The van der Waals surface area contributed by atoms with Gasteiger partial charge >= 0.3 is 5.97 Å². The molecule has 18 heavy (non-hydrogen) atoms. The third-order valence-electron chi connectivity index (χ3n) is 2.60. The molecule has 2 N–H and O–H groups in total. The summed E-state index contributed by atoms with van der Waals surface area (Å²) in [7, 11) is 1.34. The van der Waals surface area contributed by atoms with Crippen molar-refractivity contribution in [2.45, 2.75) is 6.92 Å². The molecule has 0 spiro atoms. The van der Waals surface area contributed by atoms with E-state index >= 15 is 0 Å². The van der Waals surface area contributed by atoms with Crippen molar-refractivity contribution < 1.29 is 9.53 Å². The summed E-state index contributed by atoms with van der Waals surface area (Å²) in [5, 5.41) is 0.655. The maximum Gasteiger partial charge on any atom is 0.350 e. The molecule has 94 valence electrons. The highest BCUT2D eigenvalue weighted by Gasteiger charge is 2.16. The molecule has 0 radical (unpaired) electrons. The molecule has 1 aromatic carbocycles. The zero-order valence-electron chi connectivity index (χ0n) is 9.99. The van der Waals surface area contributed by atoms with Crippen LogP contribution in [-0.2, 0) is 4.74 Å². The molecule has 0 saturated heterocycles. The lowest BCUT2D eigenvalue weighted by Gasteiger charge is -2.03. The molecular weight excluding hydrogens is 270 g/mol. The van der Waals surface area contributed by atoms with Gasteiger partial charge in [-0.2, -0.15) is 0 Å². The first-order chi connectivity index (χ1) is 8.52. The Morgan fingerprint density at radius 1 is 1.39 bits per heavy atom. The lowest BCUT2D eigenvalue weighted by atomic mass is 10.1. The Hall–Kier alpha value is -1.52. The molecule has 0 aliphatic heterocycles. The highest BCUT2D eigenvalue weighted by Crippen LogP contribution is 2.36. The van der Waals surface area contributed by atoms with Crippen LogP contribution in [0.4, 0.5) is 5.69 Å². The maximum absolute atomic E-state index is 11.5. The molecule has 1 aromatic heterocycles. The maximum atomic E-state index is 11.5. The van der Waals surface area contributed by atoms with Gasteiger partial charge in [-0.05, 0) is 36.2 Å². The first kappa shape index (κ1) is 12.9. The molecule has 2 aromatic rings. The average Bonchev–Trinajstić information content (AvgIpc) is 2.73. The van der Waals surface area contributed by atoms with Crippen molar-refractivity contribution in [1.82, 2.24) is 0 Å². The number of aryl methyl sites for hydroxylation is 1. The van der Waals surface area contributed by atoms with Gasteiger partial charge in [-0.25, -0.2) is 4.79 Å². The van der Waals surface area contributed by atoms with Crippen molar-refractivity contribution in [3.8, 4) is 10.4 Å². The fraction of sp³-hybridized carbons (Fsp3) is 0.154. The fourth-order valence-corrected chi connectivity index (χ4v) is 2.90. The number of nitrogens with two attached hydrogens (primary N) is 1. The van der Waals surface area contributed by atoms with E-state index in [1.54, 1.807) is 6.07 Å². The molecule has 1 heterocycles. The number of halogens is 1. The molecule has 0 fully saturated rings. The van der Waals surface area contributed by atoms with Gasteiger partial charge in [-0.1, -0.05) is 17.7 Å². The van der Waals surface area contributed by atoms with E-state index in [1.807, 2.05) is 25.1 Å². The Labute approximate surface area is 114 Å². The van der Waals surface area contributed by atoms with E-state index < -0.39 is 5.97 Å². The topological polar surface area (TPSA) is 52.3 Å². The summed E-state index contributed by atoms with van der Waals surface area (Å²) >= 11 is 7.29. The summed E-state index contributed by atoms with van der Waals surface area (Å²) in [6.07, 6.45) is 0. The molecule has 0 atom stereocenters. The van der Waals surface area contributed by atoms with Gasteiger partial charge in [-0.15, -0.1) is 11.3 Å². The number of carbonyl (C=O) groups excluding carboxylic acids is 1. The highest BCUT2D eigenvalue weighted by molar-refractivity contribution is 7.18. The predicted molar refractivity (Wildman–Crippen MR) is 75.3 cm³/mol. The summed E-state index contributed by atoms with van der Waals surface area (Å²) in [6, 6.07) is 7.41. The van der Waals surface area contributed by atoms with Crippen LogP contribution >= 0.6 is 22.9 Å². The van der Waals surface area contributed by atoms with E-state index in [0.29, 0.717) is 15.6 Å². The Morgan fingerprint density at radius 3 is 2.78 bits per heavy atom. The lowest BCUT2D eigenvalue weighted by molar-refractivity contribution is 0.0607. The number of rotatable bonds is 2. The van der Waals surface area contributed by atoms with E-state index in [1.165, 1.54) is 18.4 Å². The number of anilines is 1. The number of hydrogen-bond donors (Lipinski definition) is 1. The summed E-state index contributed by atoms with van der Waals surface area (Å²) in [6.45, 7) is 1.99. The van der Waals surface area contributed by atoms with Crippen LogP contribution in [0.15, 0.2) is 24.3 Å². The number of esters is 1. The van der Waals surface area contributed by atoms with E-state index in [2.05, 4.69) is 4.74 Å². The molecule has 0 unspecified atom stereocenters. The van der Waals surface area contributed by atoms with Gasteiger partial charge in [0, 0.05) is 9.90 Å². The van der Waals surface area contributed by atoms with Crippen LogP contribution in [0.25, 0.3) is 10.4 Å². The quantitative estimate of drug-likeness (QED) is 0.853. The zero-order valence-corrected chi connectivity index (χ0v) is 11.6. The monoisotopic (exact) mass is 281 g/mol. The Bertz CT molecular complexity index is 607. The van der Waals surface area contributed by atoms with Crippen molar-refractivity contribution >= 4 is 34.6 Å². The summed E-state index contributed by atoms with van der Waals surface area (Å²) in [5.41, 5.74) is 8.31. The van der Waals surface area contributed by atoms with Crippen molar-refractivity contribution in [3.05, 3.63) is 39.7 Å². The second-order valence-corrected chi connectivity index (χ2v) is 5.33. The van der Waals surface area contributed by atoms with Crippen molar-refractivity contribution in [2.75, 3.05) is 12.8 Å². The number of methoxy groups -OCH3 is 1. The van der Waals surface area contributed by atoms with Gasteiger partial charge in [0.25, 0.3) is 0 Å². The van der Waals surface area contributed by atoms with Crippen molar-refractivity contribution in [3.63, 3.8) is 0 Å². The molecule has 2 rings (SSSR count). The van der Waals surface area contributed by atoms with Crippen LogP contribution in [0.1, 0.15) is 15.2 Å². The van der Waals surface area contributed by atoms with Crippen LogP contribution in [0, 0.1) is 6.92 Å². The van der Waals surface area contributed by atoms with E-state index in [-0.39, 0.29) is 0 Å². The number of ether oxygens (including phenoxy) is 1. The normalized spacial score (nSPS) is 10.4. The van der Waals surface area contributed by atoms with E-state index in [9.17, 15) is 4.79 Å². The minimum Gasteiger partial charge on any atom is -0.465 e. The van der Waals surface area contributed by atoms with Gasteiger partial charge in [0.1, 0.15) is 4.88 Å². The first-order valence-electron chi connectivity index (χ1n) is 5.27. The van der Waals surface area contributed by atoms with Crippen LogP contribution in [0.2, 0.25) is 5.02 Å². The lowest BCUT2D eigenvalue weighted by Crippen LogP contribution is -2.00. The van der Waals surface area contributed by atoms with Gasteiger partial charge in [-0.3, -0.25) is 0 Å². The Balaban J connectivity index is 2.52. The molecule has 0 amide bonds. The van der Waals surface area contributed by atoms with Gasteiger partial charge < -0.3 is 10.5 Å². The first-order valence-corrected chi connectivity index (χ1v) is 6.46. The van der Waals surface area contributed by atoms with Crippen LogP contribution in [-0.4, -0.2) is 13.1 Å². The average molecular weight is 282 g/mol. The van der Waals surface area contributed by atoms with Crippen LogP contribution < -0.4 is 5.73 Å². The van der Waals surface area contributed by atoms with Gasteiger partial charge in [0.05, 0.1) is 12.8 Å². The van der Waals surface area contributed by atoms with Crippen molar-refractivity contribution in [2.24, 2.45) is 0 Å². The largest absolute Gasteiger partial charge is 0.465 e. The standard InChI is InChI=1S/C13H12ClNO2S/c1-7-3-4-8(14)5-9(7)11-6-10(15)12(18-11)13(16)17-2/h3-6H,15H2,1-2H3.